The first-order valence-electron chi connectivity index (χ1n) is 12.2. The van der Waals surface area contributed by atoms with Crippen LogP contribution in [0.4, 0.5) is 5.69 Å². The number of rotatable bonds is 6. The van der Waals surface area contributed by atoms with E-state index >= 15 is 0 Å². The maximum absolute atomic E-state index is 12.9. The average Bonchev–Trinajstić information content (AvgIpc) is 2.94. The Morgan fingerprint density at radius 1 is 0.694 bits per heavy atom. The normalized spacial score (nSPS) is 14.2. The van der Waals surface area contributed by atoms with Gasteiger partial charge >= 0.3 is 0 Å². The molecule has 0 bridgehead atoms. The minimum Gasteiger partial charge on any atom is -0.369 e. The SMILES string of the molecule is O=C(CCN1CCN(c2ccccc2)CC1)NNC(=O)Cn1c2ccccc2c(=O)c2ccccc21. The van der Waals surface area contributed by atoms with Crippen LogP contribution in [0.2, 0.25) is 0 Å². The molecule has 0 unspecified atom stereocenters. The molecule has 1 aliphatic heterocycles. The zero-order valence-electron chi connectivity index (χ0n) is 20.0. The molecule has 1 fully saturated rings. The third-order valence-electron chi connectivity index (χ3n) is 6.67. The Balaban J connectivity index is 1.14. The Morgan fingerprint density at radius 3 is 1.89 bits per heavy atom. The van der Waals surface area contributed by atoms with E-state index in [1.54, 1.807) is 16.7 Å². The third kappa shape index (κ3) is 5.08. The summed E-state index contributed by atoms with van der Waals surface area (Å²) in [6, 6.07) is 24.8. The number of aromatic nitrogens is 1. The Hall–Kier alpha value is -4.17. The molecule has 8 heteroatoms. The minimum atomic E-state index is -0.362. The van der Waals surface area contributed by atoms with E-state index in [4.69, 9.17) is 0 Å². The summed E-state index contributed by atoms with van der Waals surface area (Å²) in [5.41, 5.74) is 7.58. The average molecular weight is 484 g/mol. The van der Waals surface area contributed by atoms with Crippen molar-refractivity contribution in [2.24, 2.45) is 0 Å². The van der Waals surface area contributed by atoms with Crippen LogP contribution in [0.1, 0.15) is 6.42 Å². The van der Waals surface area contributed by atoms with Gasteiger partial charge in [0.05, 0.1) is 11.0 Å². The van der Waals surface area contributed by atoms with Crippen LogP contribution in [0.25, 0.3) is 21.8 Å². The predicted molar refractivity (Wildman–Crippen MR) is 142 cm³/mol. The van der Waals surface area contributed by atoms with Gasteiger partial charge in [0.25, 0.3) is 5.91 Å². The Kier molecular flexibility index (Phi) is 6.95. The topological polar surface area (TPSA) is 86.7 Å². The molecule has 1 saturated heterocycles. The quantitative estimate of drug-likeness (QED) is 0.325. The fourth-order valence-corrected chi connectivity index (χ4v) is 4.76. The van der Waals surface area contributed by atoms with Gasteiger partial charge in [-0.2, -0.15) is 0 Å². The lowest BCUT2D eigenvalue weighted by Crippen LogP contribution is -2.48. The van der Waals surface area contributed by atoms with Crippen molar-refractivity contribution < 1.29 is 9.59 Å². The minimum absolute atomic E-state index is 0.0248. The van der Waals surface area contributed by atoms with Crippen molar-refractivity contribution >= 4 is 39.3 Å². The molecule has 3 aromatic carbocycles. The lowest BCUT2D eigenvalue weighted by atomic mass is 10.1. The number of fused-ring (bicyclic) bond motifs is 2. The first-order chi connectivity index (χ1) is 17.6. The standard InChI is InChI=1S/C28H29N5O3/c34-26(14-15-31-16-18-32(19-17-31)21-8-2-1-3-9-21)29-30-27(35)20-33-24-12-6-4-10-22(24)28(36)23-11-5-7-13-25(23)33/h1-13H,14-20H2,(H,29,34)(H,30,35). The molecule has 0 spiro atoms. The van der Waals surface area contributed by atoms with Gasteiger partial charge in [0, 0.05) is 55.6 Å². The number of hydrogen-bond acceptors (Lipinski definition) is 5. The van der Waals surface area contributed by atoms with Crippen molar-refractivity contribution in [2.45, 2.75) is 13.0 Å². The van der Waals surface area contributed by atoms with Crippen LogP contribution in [0.3, 0.4) is 0 Å². The lowest BCUT2D eigenvalue weighted by Gasteiger charge is -2.36. The number of hydrazine groups is 1. The summed E-state index contributed by atoms with van der Waals surface area (Å²) in [5.74, 6) is -0.595. The van der Waals surface area contributed by atoms with E-state index in [1.807, 2.05) is 54.6 Å². The highest BCUT2D eigenvalue weighted by molar-refractivity contribution is 5.95. The fraction of sp³-hybridized carbons (Fsp3) is 0.250. The van der Waals surface area contributed by atoms with Crippen LogP contribution >= 0.6 is 0 Å². The molecule has 2 N–H and O–H groups in total. The summed E-state index contributed by atoms with van der Waals surface area (Å²) in [5, 5.41) is 1.11. The van der Waals surface area contributed by atoms with Crippen molar-refractivity contribution in [1.82, 2.24) is 20.3 Å². The third-order valence-corrected chi connectivity index (χ3v) is 6.67. The number of piperazine rings is 1. The molecule has 0 aliphatic carbocycles. The van der Waals surface area contributed by atoms with Gasteiger partial charge < -0.3 is 9.47 Å². The number of hydrogen-bond donors (Lipinski definition) is 2. The van der Waals surface area contributed by atoms with E-state index < -0.39 is 0 Å². The number of para-hydroxylation sites is 3. The molecule has 0 saturated carbocycles. The number of nitrogens with zero attached hydrogens (tertiary/aromatic N) is 3. The first-order valence-corrected chi connectivity index (χ1v) is 12.2. The van der Waals surface area contributed by atoms with Crippen molar-refractivity contribution in [2.75, 3.05) is 37.6 Å². The van der Waals surface area contributed by atoms with Gasteiger partial charge in [0.2, 0.25) is 5.91 Å². The number of anilines is 1. The molecule has 4 aromatic rings. The van der Waals surface area contributed by atoms with Gasteiger partial charge in [0.15, 0.2) is 5.43 Å². The van der Waals surface area contributed by atoms with Gasteiger partial charge in [-0.15, -0.1) is 0 Å². The lowest BCUT2D eigenvalue weighted by molar-refractivity contribution is -0.129. The molecule has 0 atom stereocenters. The molecule has 8 nitrogen and oxygen atoms in total. The molecular formula is C28H29N5O3. The molecule has 1 aliphatic rings. The number of pyridine rings is 1. The van der Waals surface area contributed by atoms with Crippen LogP contribution in [0.5, 0.6) is 0 Å². The molecule has 184 valence electrons. The van der Waals surface area contributed by atoms with E-state index in [2.05, 4.69) is 32.8 Å². The summed E-state index contributed by atoms with van der Waals surface area (Å²) in [6.07, 6.45) is 0.301. The smallest absolute Gasteiger partial charge is 0.258 e. The maximum atomic E-state index is 12.9. The summed E-state index contributed by atoms with van der Waals surface area (Å²) in [6.45, 7) is 4.23. The number of carbonyl (C=O) groups is 2. The predicted octanol–water partition coefficient (Wildman–Crippen LogP) is 2.51. The van der Waals surface area contributed by atoms with Gasteiger partial charge in [-0.1, -0.05) is 42.5 Å². The number of carbonyl (C=O) groups excluding carboxylic acids is 2. The largest absolute Gasteiger partial charge is 0.369 e. The van der Waals surface area contributed by atoms with Crippen molar-refractivity contribution in [3.8, 4) is 0 Å². The monoisotopic (exact) mass is 483 g/mol. The second kappa shape index (κ2) is 10.6. The Morgan fingerprint density at radius 2 is 1.25 bits per heavy atom. The maximum Gasteiger partial charge on any atom is 0.258 e. The van der Waals surface area contributed by atoms with Crippen LogP contribution in [-0.2, 0) is 16.1 Å². The highest BCUT2D eigenvalue weighted by Gasteiger charge is 2.18. The number of amides is 2. The van der Waals surface area contributed by atoms with E-state index in [9.17, 15) is 14.4 Å². The van der Waals surface area contributed by atoms with Gasteiger partial charge in [-0.25, -0.2) is 0 Å². The Bertz CT molecular complexity index is 1380. The molecule has 5 rings (SSSR count). The summed E-state index contributed by atoms with van der Waals surface area (Å²) in [7, 11) is 0. The molecule has 0 radical (unpaired) electrons. The van der Waals surface area contributed by atoms with Crippen molar-refractivity contribution in [3.63, 3.8) is 0 Å². The highest BCUT2D eigenvalue weighted by Crippen LogP contribution is 2.19. The second-order valence-electron chi connectivity index (χ2n) is 8.96. The van der Waals surface area contributed by atoms with Gasteiger partial charge in [-0.3, -0.25) is 30.1 Å². The summed E-state index contributed by atoms with van der Waals surface area (Å²) < 4.78 is 1.81. The number of nitrogens with one attached hydrogen (secondary N) is 2. The number of benzene rings is 3. The van der Waals surface area contributed by atoms with Gasteiger partial charge in [0.1, 0.15) is 6.54 Å². The summed E-state index contributed by atoms with van der Waals surface area (Å²) in [4.78, 5) is 42.6. The van der Waals surface area contributed by atoms with Crippen LogP contribution in [0, 0.1) is 0 Å². The summed E-state index contributed by atoms with van der Waals surface area (Å²) >= 11 is 0. The van der Waals surface area contributed by atoms with E-state index in [0.717, 1.165) is 26.2 Å². The Labute approximate surface area is 209 Å². The second-order valence-corrected chi connectivity index (χ2v) is 8.96. The van der Waals surface area contributed by atoms with Crippen molar-refractivity contribution in [3.05, 3.63) is 89.1 Å². The molecule has 36 heavy (non-hydrogen) atoms. The fourth-order valence-electron chi connectivity index (χ4n) is 4.76. The van der Waals surface area contributed by atoms with E-state index in [-0.39, 0.29) is 23.8 Å². The first kappa shape index (κ1) is 23.6. The van der Waals surface area contributed by atoms with Crippen LogP contribution < -0.4 is 21.2 Å². The molecular weight excluding hydrogens is 454 g/mol. The van der Waals surface area contributed by atoms with E-state index in [1.165, 1.54) is 5.69 Å². The van der Waals surface area contributed by atoms with Crippen molar-refractivity contribution in [1.29, 1.82) is 0 Å². The highest BCUT2D eigenvalue weighted by atomic mass is 16.2. The van der Waals surface area contributed by atoms with Crippen LogP contribution in [-0.4, -0.2) is 54.0 Å². The molecule has 2 amide bonds. The van der Waals surface area contributed by atoms with E-state index in [0.29, 0.717) is 34.8 Å². The van der Waals surface area contributed by atoms with Gasteiger partial charge in [-0.05, 0) is 36.4 Å². The molecule has 1 aromatic heterocycles. The zero-order chi connectivity index (χ0) is 24.9. The molecule has 2 heterocycles. The van der Waals surface area contributed by atoms with Crippen LogP contribution in [0.15, 0.2) is 83.7 Å². The zero-order valence-corrected chi connectivity index (χ0v) is 20.0.